The Bertz CT molecular complexity index is 3220. The predicted octanol–water partition coefficient (Wildman–Crippen LogP) is 3.64. The van der Waals surface area contributed by atoms with E-state index in [1.165, 1.54) is 24.3 Å². The zero-order chi connectivity index (χ0) is 45.0. The van der Waals surface area contributed by atoms with Crippen molar-refractivity contribution in [3.05, 3.63) is 133 Å². The van der Waals surface area contributed by atoms with Crippen LogP contribution in [0.4, 0.5) is 50.3 Å². The first kappa shape index (κ1) is 53.0. The molecule has 23 nitrogen and oxygen atoms in total. The first-order chi connectivity index (χ1) is 29.4. The van der Waals surface area contributed by atoms with Crippen molar-refractivity contribution < 1.29 is 134 Å². The summed E-state index contributed by atoms with van der Waals surface area (Å²) in [4.78, 5) is 41.5. The van der Waals surface area contributed by atoms with Crippen LogP contribution in [0.5, 0.6) is 23.0 Å². The molecule has 0 fully saturated rings. The van der Waals surface area contributed by atoms with E-state index in [0.717, 1.165) is 36.8 Å². The Morgan fingerprint density at radius 2 is 1.22 bits per heavy atom. The van der Waals surface area contributed by atoms with Gasteiger partial charge in [0.1, 0.15) is 44.9 Å². The molecule has 0 aliphatic rings. The van der Waals surface area contributed by atoms with E-state index in [-0.39, 0.29) is 127 Å². The van der Waals surface area contributed by atoms with Crippen molar-refractivity contribution in [1.29, 1.82) is 0 Å². The number of phenolic OH excluding ortho intramolecular Hbond substituents is 4. The second-order valence-electron chi connectivity index (χ2n) is 12.6. The Morgan fingerprint density at radius 3 is 1.83 bits per heavy atom. The summed E-state index contributed by atoms with van der Waals surface area (Å²) in [5.41, 5.74) is -2.61. The number of carbonyl (C=O) groups excluding carboxylic acids is 1. The van der Waals surface area contributed by atoms with Gasteiger partial charge in [-0.2, -0.15) is 8.42 Å². The molecule has 7 aromatic carbocycles. The first-order valence-corrected chi connectivity index (χ1v) is 18.5. The van der Waals surface area contributed by atoms with Gasteiger partial charge in [0.25, 0.3) is 21.5 Å². The molecular formula is C38H26CrN8Na2O15S+2. The number of azo groups is 2. The van der Waals surface area contributed by atoms with E-state index >= 15 is 0 Å². The second-order valence-corrected chi connectivity index (χ2v) is 13.9. The number of carbonyl (C=O) groups is 1. The number of nitrogens with zero attached hydrogens (tertiary/aromatic N) is 7. The number of ether oxygens (including phenoxy) is 1. The van der Waals surface area contributed by atoms with Crippen molar-refractivity contribution >= 4 is 94.0 Å². The second kappa shape index (κ2) is 22.0. The molecular weight excluding hydrogens is 939 g/mol. The van der Waals surface area contributed by atoms with Gasteiger partial charge in [0.2, 0.25) is 5.75 Å². The van der Waals surface area contributed by atoms with E-state index in [4.69, 9.17) is 0 Å². The summed E-state index contributed by atoms with van der Waals surface area (Å²) in [5, 5.41) is 94.1. The summed E-state index contributed by atoms with van der Waals surface area (Å²) in [6, 6.07) is 23.2. The van der Waals surface area contributed by atoms with Gasteiger partial charge in [-0.3, -0.25) is 40.2 Å². The molecule has 0 aromatic heterocycles. The number of hydrogen-bond acceptors (Lipinski definition) is 18. The number of aromatic hydroxyl groups is 4. The molecule has 0 aliphatic carbocycles. The Balaban J connectivity index is 0.000000330. The quantitative estimate of drug-likeness (QED) is 0.0395. The predicted molar refractivity (Wildman–Crippen MR) is 219 cm³/mol. The molecule has 6 N–H and O–H groups in total. The maximum Gasteiger partial charge on any atom is 1.00 e. The summed E-state index contributed by atoms with van der Waals surface area (Å²) in [7, 11) is -3.65. The van der Waals surface area contributed by atoms with Crippen molar-refractivity contribution in [1.82, 2.24) is 0 Å². The fourth-order valence-corrected chi connectivity index (χ4v) is 6.67. The van der Waals surface area contributed by atoms with Gasteiger partial charge >= 0.3 is 70.9 Å². The van der Waals surface area contributed by atoms with Crippen LogP contribution in [0.25, 0.3) is 32.3 Å². The topological polar surface area (TPSA) is 352 Å². The average Bonchev–Trinajstić information content (AvgIpc) is 3.23. The standard InChI is InChI=1S/C20H13N3O7S.C18H13N5O8.Cr.2Na/c24-16-8-5-11-3-1-2-4-13(11)19(16)21-22-20-14-7-6-12(23(26)27)9-15(14)18(10-17(20)25)31(28,29)30;1-31-18(26)19-11-4-2-3-9-5-6-14(24)16(15(9)11)21-20-12-7-10(22(27)28)8-13(17(12)25)23(29)30;;;/h1-10,24-25H,(H,28,29,30);2-8,24-25H,1H3,(H,19,26);;;/q;;;2*+1. The van der Waals surface area contributed by atoms with E-state index in [1.54, 1.807) is 48.5 Å². The number of rotatable bonds is 9. The maximum atomic E-state index is 11.7. The van der Waals surface area contributed by atoms with E-state index in [0.29, 0.717) is 16.8 Å². The van der Waals surface area contributed by atoms with Gasteiger partial charge in [0, 0.05) is 63.2 Å². The molecule has 0 unspecified atom stereocenters. The molecule has 0 radical (unpaired) electrons. The summed E-state index contributed by atoms with van der Waals surface area (Å²) in [6.07, 6.45) is -0.786. The van der Waals surface area contributed by atoms with E-state index in [9.17, 15) is 68.5 Å². The third-order valence-corrected chi connectivity index (χ3v) is 9.68. The van der Waals surface area contributed by atoms with E-state index in [1.807, 2.05) is 0 Å². The van der Waals surface area contributed by atoms with Crippen molar-refractivity contribution in [2.75, 3.05) is 12.4 Å². The maximum absolute atomic E-state index is 11.7. The number of benzene rings is 7. The molecule has 0 aliphatic heterocycles. The van der Waals surface area contributed by atoms with Crippen LogP contribution in [0, 0.1) is 30.3 Å². The van der Waals surface area contributed by atoms with Gasteiger partial charge in [-0.25, -0.2) is 4.79 Å². The van der Waals surface area contributed by atoms with Crippen LogP contribution >= 0.6 is 0 Å². The number of fused-ring (bicyclic) bond motifs is 3. The number of phenols is 4. The van der Waals surface area contributed by atoms with E-state index in [2.05, 4.69) is 30.5 Å². The molecule has 0 saturated carbocycles. The fraction of sp³-hybridized carbons (Fsp3) is 0.0263. The smallest absolute Gasteiger partial charge is 0.506 e. The minimum absolute atomic E-state index is 0. The summed E-state index contributed by atoms with van der Waals surface area (Å²) in [5.74, 6) is -2.10. The molecule has 65 heavy (non-hydrogen) atoms. The minimum atomic E-state index is -4.81. The molecule has 7 rings (SSSR count). The molecule has 1 amide bonds. The van der Waals surface area contributed by atoms with E-state index < -0.39 is 70.1 Å². The Labute approximate surface area is 419 Å². The zero-order valence-corrected chi connectivity index (χ0v) is 39.7. The SMILES string of the molecule is COC(=O)Nc1cccc2ccc(O)c(N=Nc3cc([N+](=O)[O-])cc([N+](=O)[O-])c3O)c12.O=[N+]([O-])c1ccc2c(N=Nc3c(O)ccc4ccccc34)c(O)cc(S(=O)(=O)O)c2c1.[Cr].[Na+].[Na+]. The van der Waals surface area contributed by atoms with Crippen LogP contribution in [-0.2, 0) is 32.2 Å². The van der Waals surface area contributed by atoms with Gasteiger partial charge < -0.3 is 25.2 Å². The fourth-order valence-electron chi connectivity index (χ4n) is 5.96. The number of nitrogens with one attached hydrogen (secondary N) is 1. The molecule has 0 heterocycles. The largest absolute Gasteiger partial charge is 1.00 e. The molecule has 7 aromatic rings. The van der Waals surface area contributed by atoms with Crippen molar-refractivity contribution in [3.63, 3.8) is 0 Å². The van der Waals surface area contributed by atoms with Crippen LogP contribution < -0.4 is 64.4 Å². The number of anilines is 1. The number of methoxy groups -OCH3 is 1. The molecule has 27 heteroatoms. The first-order valence-electron chi connectivity index (χ1n) is 17.1. The van der Waals surface area contributed by atoms with Crippen molar-refractivity contribution in [2.45, 2.75) is 4.90 Å². The monoisotopic (exact) mass is 964 g/mol. The van der Waals surface area contributed by atoms with Crippen LogP contribution in [-0.4, -0.2) is 61.4 Å². The van der Waals surface area contributed by atoms with Crippen molar-refractivity contribution in [3.8, 4) is 23.0 Å². The van der Waals surface area contributed by atoms with Crippen LogP contribution in [0.3, 0.4) is 0 Å². The summed E-state index contributed by atoms with van der Waals surface area (Å²) < 4.78 is 37.6. The number of non-ortho nitro benzene ring substituents is 2. The van der Waals surface area contributed by atoms with Gasteiger partial charge in [-0.05, 0) is 35.0 Å². The molecule has 320 valence electrons. The molecule has 0 spiro atoms. The third kappa shape index (κ3) is 11.7. The molecule has 0 saturated heterocycles. The van der Waals surface area contributed by atoms with Crippen LogP contribution in [0.1, 0.15) is 0 Å². The van der Waals surface area contributed by atoms with Crippen molar-refractivity contribution in [2.24, 2.45) is 20.5 Å². The summed E-state index contributed by atoms with van der Waals surface area (Å²) >= 11 is 0. The Hall–Kier alpha value is -6.37. The van der Waals surface area contributed by atoms with Gasteiger partial charge in [0.15, 0.2) is 0 Å². The Kier molecular flexibility index (Phi) is 17.9. The van der Waals surface area contributed by atoms with Crippen LogP contribution in [0.15, 0.2) is 128 Å². The third-order valence-electron chi connectivity index (χ3n) is 8.79. The Morgan fingerprint density at radius 1 is 0.631 bits per heavy atom. The number of amides is 1. The van der Waals surface area contributed by atoms with Crippen LogP contribution in [0.2, 0.25) is 0 Å². The number of hydrogen-bond donors (Lipinski definition) is 6. The normalized spacial score (nSPS) is 10.9. The summed E-state index contributed by atoms with van der Waals surface area (Å²) in [6.45, 7) is 0. The zero-order valence-electron chi connectivity index (χ0n) is 33.6. The minimum Gasteiger partial charge on any atom is -0.506 e. The number of nitro benzene ring substituents is 3. The molecule has 0 bridgehead atoms. The molecule has 0 atom stereocenters. The van der Waals surface area contributed by atoms with Gasteiger partial charge in [-0.1, -0.05) is 48.5 Å². The van der Waals surface area contributed by atoms with Gasteiger partial charge in [-0.15, -0.1) is 20.5 Å². The average molecular weight is 965 g/mol. The van der Waals surface area contributed by atoms with Gasteiger partial charge in [0.05, 0.1) is 33.6 Å². The number of nitro groups is 3.